The van der Waals surface area contributed by atoms with Gasteiger partial charge in [-0.25, -0.2) is 0 Å². The van der Waals surface area contributed by atoms with Crippen molar-refractivity contribution in [1.29, 1.82) is 0 Å². The Balaban J connectivity index is 2.13. The van der Waals surface area contributed by atoms with E-state index in [9.17, 15) is 4.79 Å². The van der Waals surface area contributed by atoms with E-state index in [1.807, 2.05) is 6.92 Å². The van der Waals surface area contributed by atoms with Crippen LogP contribution in [-0.4, -0.2) is 16.3 Å². The Morgan fingerprint density at radius 2 is 2.19 bits per heavy atom. The summed E-state index contributed by atoms with van der Waals surface area (Å²) in [6.45, 7) is 1.92. The highest BCUT2D eigenvalue weighted by Crippen LogP contribution is 2.30. The van der Waals surface area contributed by atoms with Crippen LogP contribution in [0.5, 0.6) is 0 Å². The first-order valence-corrected chi connectivity index (χ1v) is 6.60. The number of carboxylic acids is 1. The number of aryl methyl sites for hydroxylation is 2. The van der Waals surface area contributed by atoms with E-state index in [0.717, 1.165) is 11.3 Å². The zero-order valence-electron chi connectivity index (χ0n) is 9.40. The molecule has 1 aliphatic rings. The molecule has 0 spiro atoms. The molecule has 3 heteroatoms. The Morgan fingerprint density at radius 3 is 2.88 bits per heavy atom. The van der Waals surface area contributed by atoms with E-state index in [2.05, 4.69) is 18.2 Å². The number of fused-ring (bicyclic) bond motifs is 1. The van der Waals surface area contributed by atoms with Gasteiger partial charge >= 0.3 is 5.97 Å². The molecule has 1 N–H and O–H groups in total. The quantitative estimate of drug-likeness (QED) is 0.816. The molecule has 1 aromatic rings. The zero-order chi connectivity index (χ0) is 11.5. The minimum absolute atomic E-state index is 0.320. The second-order valence-electron chi connectivity index (χ2n) is 4.14. The van der Waals surface area contributed by atoms with Gasteiger partial charge in [-0.1, -0.05) is 13.0 Å². The van der Waals surface area contributed by atoms with Crippen LogP contribution < -0.4 is 0 Å². The lowest BCUT2D eigenvalue weighted by Gasteiger charge is -2.10. The van der Waals surface area contributed by atoms with Gasteiger partial charge in [0.15, 0.2) is 0 Å². The fourth-order valence-corrected chi connectivity index (χ4v) is 3.05. The van der Waals surface area contributed by atoms with Crippen LogP contribution in [-0.2, 0) is 17.6 Å². The topological polar surface area (TPSA) is 37.3 Å². The molecule has 86 valence electrons. The minimum Gasteiger partial charge on any atom is -0.480 e. The third-order valence-electron chi connectivity index (χ3n) is 2.99. The van der Waals surface area contributed by atoms with Crippen molar-refractivity contribution in [1.82, 2.24) is 0 Å². The summed E-state index contributed by atoms with van der Waals surface area (Å²) < 4.78 is 0. The van der Waals surface area contributed by atoms with Gasteiger partial charge in [0.1, 0.15) is 5.25 Å². The number of carboxylic acid groups (broad SMARTS) is 1. The van der Waals surface area contributed by atoms with Gasteiger partial charge in [0.2, 0.25) is 0 Å². The summed E-state index contributed by atoms with van der Waals surface area (Å²) in [5.74, 6) is -0.715. The summed E-state index contributed by atoms with van der Waals surface area (Å²) in [4.78, 5) is 12.0. The van der Waals surface area contributed by atoms with Crippen molar-refractivity contribution < 1.29 is 9.90 Å². The van der Waals surface area contributed by atoms with E-state index >= 15 is 0 Å². The Labute approximate surface area is 100 Å². The van der Waals surface area contributed by atoms with Gasteiger partial charge in [0.05, 0.1) is 0 Å². The molecule has 0 heterocycles. The molecule has 0 aliphatic heterocycles. The molecular weight excluding hydrogens is 220 g/mol. The molecule has 1 aromatic carbocycles. The summed E-state index contributed by atoms with van der Waals surface area (Å²) in [6, 6.07) is 6.37. The molecule has 0 amide bonds. The van der Waals surface area contributed by atoms with Gasteiger partial charge in [-0.15, -0.1) is 11.8 Å². The van der Waals surface area contributed by atoms with Crippen molar-refractivity contribution >= 4 is 17.7 Å². The molecule has 1 aliphatic carbocycles. The van der Waals surface area contributed by atoms with Gasteiger partial charge in [0.25, 0.3) is 0 Å². The second kappa shape index (κ2) is 4.91. The monoisotopic (exact) mass is 236 g/mol. The first kappa shape index (κ1) is 11.5. The van der Waals surface area contributed by atoms with Crippen LogP contribution in [0.2, 0.25) is 0 Å². The van der Waals surface area contributed by atoms with Gasteiger partial charge in [-0.05, 0) is 48.9 Å². The van der Waals surface area contributed by atoms with Gasteiger partial charge < -0.3 is 5.11 Å². The third kappa shape index (κ3) is 2.40. The number of carbonyl (C=O) groups is 1. The molecule has 0 radical (unpaired) electrons. The maximum atomic E-state index is 10.9. The zero-order valence-corrected chi connectivity index (χ0v) is 10.2. The summed E-state index contributed by atoms with van der Waals surface area (Å²) in [7, 11) is 0. The number of hydrogen-bond acceptors (Lipinski definition) is 2. The molecule has 0 fully saturated rings. The molecule has 0 bridgehead atoms. The largest absolute Gasteiger partial charge is 0.480 e. The molecule has 0 aromatic heterocycles. The highest BCUT2D eigenvalue weighted by molar-refractivity contribution is 8.00. The Hall–Kier alpha value is -0.960. The number of benzene rings is 1. The fourth-order valence-electron chi connectivity index (χ4n) is 2.09. The van der Waals surface area contributed by atoms with E-state index in [4.69, 9.17) is 5.11 Å². The van der Waals surface area contributed by atoms with Crippen LogP contribution in [0.15, 0.2) is 23.1 Å². The van der Waals surface area contributed by atoms with E-state index in [1.54, 1.807) is 0 Å². The minimum atomic E-state index is -0.715. The molecule has 2 nitrogen and oxygen atoms in total. The number of rotatable bonds is 4. The number of hydrogen-bond donors (Lipinski definition) is 1. The lowest BCUT2D eigenvalue weighted by molar-refractivity contribution is -0.136. The van der Waals surface area contributed by atoms with Crippen molar-refractivity contribution in [3.05, 3.63) is 29.3 Å². The summed E-state index contributed by atoms with van der Waals surface area (Å²) in [5.41, 5.74) is 2.85. The Bertz CT molecular complexity index is 401. The van der Waals surface area contributed by atoms with E-state index < -0.39 is 5.97 Å². The molecule has 0 saturated heterocycles. The highest BCUT2D eigenvalue weighted by atomic mass is 32.2. The maximum absolute atomic E-state index is 10.9. The lowest BCUT2D eigenvalue weighted by Crippen LogP contribution is -2.14. The first-order chi connectivity index (χ1) is 7.70. The summed E-state index contributed by atoms with van der Waals surface area (Å²) in [5, 5.41) is 8.69. The van der Waals surface area contributed by atoms with E-state index in [0.29, 0.717) is 6.42 Å². The fraction of sp³-hybridized carbons (Fsp3) is 0.462. The smallest absolute Gasteiger partial charge is 0.316 e. The molecule has 1 atom stereocenters. The normalized spacial score (nSPS) is 15.8. The highest BCUT2D eigenvalue weighted by Gasteiger charge is 2.18. The van der Waals surface area contributed by atoms with Crippen molar-refractivity contribution in [2.75, 3.05) is 0 Å². The van der Waals surface area contributed by atoms with Crippen LogP contribution in [0.25, 0.3) is 0 Å². The predicted octanol–water partition coefficient (Wildman–Crippen LogP) is 3.13. The van der Waals surface area contributed by atoms with Gasteiger partial charge in [-0.3, -0.25) is 4.79 Å². The second-order valence-corrected chi connectivity index (χ2v) is 5.41. The van der Waals surface area contributed by atoms with Crippen molar-refractivity contribution in [2.24, 2.45) is 0 Å². The van der Waals surface area contributed by atoms with Crippen molar-refractivity contribution in [3.8, 4) is 0 Å². The van der Waals surface area contributed by atoms with E-state index in [1.165, 1.54) is 35.7 Å². The molecular formula is C13H16O2S. The van der Waals surface area contributed by atoms with Crippen LogP contribution in [0.1, 0.15) is 30.9 Å². The third-order valence-corrected chi connectivity index (χ3v) is 4.34. The van der Waals surface area contributed by atoms with Crippen molar-refractivity contribution in [3.63, 3.8) is 0 Å². The van der Waals surface area contributed by atoms with Crippen LogP contribution in [0.3, 0.4) is 0 Å². The first-order valence-electron chi connectivity index (χ1n) is 5.72. The Kier molecular flexibility index (Phi) is 3.54. The summed E-state index contributed by atoms with van der Waals surface area (Å²) >= 11 is 1.46. The van der Waals surface area contributed by atoms with Crippen molar-refractivity contribution in [2.45, 2.75) is 42.8 Å². The lowest BCUT2D eigenvalue weighted by atomic mass is 10.1. The van der Waals surface area contributed by atoms with Crippen LogP contribution in [0.4, 0.5) is 0 Å². The standard InChI is InChI=1S/C13H16O2S/c1-2-12(13(14)15)16-11-7-6-9-4-3-5-10(9)8-11/h6-8,12H,2-5H2,1H3,(H,14,15). The van der Waals surface area contributed by atoms with E-state index in [-0.39, 0.29) is 5.25 Å². The molecule has 2 rings (SSSR count). The number of thioether (sulfide) groups is 1. The summed E-state index contributed by atoms with van der Waals surface area (Å²) in [6.07, 6.45) is 4.22. The average Bonchev–Trinajstić information content (AvgIpc) is 2.72. The Morgan fingerprint density at radius 1 is 1.44 bits per heavy atom. The SMILES string of the molecule is CCC(Sc1ccc2c(c1)CCC2)C(=O)O. The van der Waals surface area contributed by atoms with Crippen LogP contribution >= 0.6 is 11.8 Å². The van der Waals surface area contributed by atoms with Gasteiger partial charge in [-0.2, -0.15) is 0 Å². The predicted molar refractivity (Wildman–Crippen MR) is 66.0 cm³/mol. The molecule has 1 unspecified atom stereocenters. The van der Waals surface area contributed by atoms with Gasteiger partial charge in [0, 0.05) is 4.90 Å². The molecule has 0 saturated carbocycles. The molecule has 16 heavy (non-hydrogen) atoms. The van der Waals surface area contributed by atoms with Crippen LogP contribution in [0, 0.1) is 0 Å². The number of aliphatic carboxylic acids is 1. The average molecular weight is 236 g/mol. The maximum Gasteiger partial charge on any atom is 0.316 e.